The van der Waals surface area contributed by atoms with Gasteiger partial charge in [0, 0.05) is 12.2 Å². The lowest BCUT2D eigenvalue weighted by Crippen LogP contribution is -2.49. The Morgan fingerprint density at radius 3 is 2.84 bits per heavy atom. The number of nitrogens with one attached hydrogen (secondary N) is 3. The van der Waals surface area contributed by atoms with Gasteiger partial charge in [0.15, 0.2) is 0 Å². The summed E-state index contributed by atoms with van der Waals surface area (Å²) in [7, 11) is 0. The van der Waals surface area contributed by atoms with E-state index in [1.54, 1.807) is 12.1 Å². The Balaban J connectivity index is 1.51. The molecule has 1 aliphatic heterocycles. The predicted molar refractivity (Wildman–Crippen MR) is 96.5 cm³/mol. The number of carbonyl (C=O) groups excluding carboxylic acids is 2. The molecule has 0 spiro atoms. The highest BCUT2D eigenvalue weighted by Gasteiger charge is 2.49. The second-order valence-corrected chi connectivity index (χ2v) is 6.92. The Bertz CT molecular complexity index is 617. The highest BCUT2D eigenvalue weighted by atomic mass is 16.5. The summed E-state index contributed by atoms with van der Waals surface area (Å²) in [5.74, 6) is 0.969. The molecule has 2 aliphatic rings. The first-order valence-corrected chi connectivity index (χ1v) is 9.16. The average Bonchev–Trinajstić information content (AvgIpc) is 3.07. The predicted octanol–water partition coefficient (Wildman–Crippen LogP) is 1.92. The molecule has 1 saturated carbocycles. The average molecular weight is 345 g/mol. The van der Waals surface area contributed by atoms with Crippen LogP contribution >= 0.6 is 0 Å². The monoisotopic (exact) mass is 345 g/mol. The molecule has 0 radical (unpaired) electrons. The van der Waals surface area contributed by atoms with Gasteiger partial charge >= 0.3 is 0 Å². The van der Waals surface area contributed by atoms with Crippen LogP contribution in [0.25, 0.3) is 0 Å². The summed E-state index contributed by atoms with van der Waals surface area (Å²) in [6.45, 7) is 4.17. The van der Waals surface area contributed by atoms with E-state index in [4.69, 9.17) is 4.74 Å². The Labute approximate surface area is 148 Å². The number of hydrogen-bond donors (Lipinski definition) is 3. The molecule has 0 aromatic heterocycles. The number of rotatable bonds is 6. The van der Waals surface area contributed by atoms with Crippen molar-refractivity contribution in [3.05, 3.63) is 24.3 Å². The zero-order chi connectivity index (χ0) is 17.7. The maximum atomic E-state index is 12.7. The van der Waals surface area contributed by atoms with E-state index in [0.29, 0.717) is 18.2 Å². The quantitative estimate of drug-likeness (QED) is 0.736. The molecule has 2 atom stereocenters. The highest BCUT2D eigenvalue weighted by molar-refractivity contribution is 5.95. The normalized spacial score (nSPS) is 25.1. The molecule has 1 aromatic rings. The Morgan fingerprint density at radius 2 is 2.08 bits per heavy atom. The van der Waals surface area contributed by atoms with Crippen LogP contribution < -0.4 is 20.7 Å². The van der Waals surface area contributed by atoms with Crippen molar-refractivity contribution in [2.45, 2.75) is 32.6 Å². The summed E-state index contributed by atoms with van der Waals surface area (Å²) in [4.78, 5) is 24.9. The van der Waals surface area contributed by atoms with Gasteiger partial charge in [0.1, 0.15) is 5.75 Å². The third kappa shape index (κ3) is 3.95. The van der Waals surface area contributed by atoms with Gasteiger partial charge in [-0.25, -0.2) is 0 Å². The molecule has 0 unspecified atom stereocenters. The van der Waals surface area contributed by atoms with Crippen LogP contribution in [0.15, 0.2) is 24.3 Å². The van der Waals surface area contributed by atoms with Gasteiger partial charge in [0.2, 0.25) is 11.8 Å². The largest absolute Gasteiger partial charge is 0.494 e. The first-order valence-electron chi connectivity index (χ1n) is 9.16. The summed E-state index contributed by atoms with van der Waals surface area (Å²) in [6.07, 6.45) is 4.29. The second kappa shape index (κ2) is 7.87. The molecule has 3 rings (SSSR count). The third-order valence-corrected chi connectivity index (χ3v) is 5.35. The Kier molecular flexibility index (Phi) is 5.58. The Morgan fingerprint density at radius 1 is 1.28 bits per heavy atom. The van der Waals surface area contributed by atoms with Crippen LogP contribution in [0.1, 0.15) is 32.6 Å². The number of carbonyl (C=O) groups is 2. The van der Waals surface area contributed by atoms with E-state index in [1.807, 2.05) is 19.1 Å². The number of ether oxygens (including phenoxy) is 1. The number of amides is 2. The van der Waals surface area contributed by atoms with Gasteiger partial charge < -0.3 is 20.7 Å². The second-order valence-electron chi connectivity index (χ2n) is 6.92. The van der Waals surface area contributed by atoms with Crippen LogP contribution in [0.3, 0.4) is 0 Å². The van der Waals surface area contributed by atoms with Crippen molar-refractivity contribution in [1.29, 1.82) is 0 Å². The standard InChI is InChI=1S/C19H27N3O3/c1-2-25-16-8-6-15(7-9-16)22-17(23)12-21-18(24)19-10-4-3-5-14(19)11-20-13-19/h6-9,14,20H,2-5,10-13H2,1H3,(H,21,24)(H,22,23)/t14-,19+/m0/s1. The first-order chi connectivity index (χ1) is 12.1. The lowest BCUT2D eigenvalue weighted by atomic mass is 9.67. The van der Waals surface area contributed by atoms with Gasteiger partial charge in [0.05, 0.1) is 18.6 Å². The molecule has 136 valence electrons. The lowest BCUT2D eigenvalue weighted by molar-refractivity contribution is -0.135. The van der Waals surface area contributed by atoms with Crippen LogP contribution in [-0.4, -0.2) is 38.1 Å². The molecular weight excluding hydrogens is 318 g/mol. The molecule has 1 heterocycles. The van der Waals surface area contributed by atoms with Gasteiger partial charge in [-0.3, -0.25) is 9.59 Å². The number of anilines is 1. The van der Waals surface area contributed by atoms with Crippen molar-refractivity contribution in [3.63, 3.8) is 0 Å². The van der Waals surface area contributed by atoms with Crippen molar-refractivity contribution in [2.75, 3.05) is 31.6 Å². The summed E-state index contributed by atoms with van der Waals surface area (Å²) >= 11 is 0. The smallest absolute Gasteiger partial charge is 0.243 e. The summed E-state index contributed by atoms with van der Waals surface area (Å²) < 4.78 is 5.38. The Hall–Kier alpha value is -2.08. The first kappa shape index (κ1) is 17.7. The van der Waals surface area contributed by atoms with Crippen molar-refractivity contribution in [3.8, 4) is 5.75 Å². The van der Waals surface area contributed by atoms with Gasteiger partial charge in [-0.05, 0) is 56.5 Å². The van der Waals surface area contributed by atoms with E-state index < -0.39 is 0 Å². The van der Waals surface area contributed by atoms with E-state index in [0.717, 1.165) is 38.1 Å². The SMILES string of the molecule is CCOc1ccc(NC(=O)CNC(=O)[C@@]23CCCC[C@H]2CNC3)cc1. The fourth-order valence-electron chi connectivity index (χ4n) is 4.03. The van der Waals surface area contributed by atoms with Crippen LogP contribution in [0.4, 0.5) is 5.69 Å². The van der Waals surface area contributed by atoms with Crippen molar-refractivity contribution < 1.29 is 14.3 Å². The molecule has 6 heteroatoms. The summed E-state index contributed by atoms with van der Waals surface area (Å²) in [5, 5.41) is 9.01. The number of benzene rings is 1. The molecule has 1 saturated heterocycles. The molecule has 3 N–H and O–H groups in total. The van der Waals surface area contributed by atoms with E-state index in [9.17, 15) is 9.59 Å². The maximum absolute atomic E-state index is 12.7. The molecular formula is C19H27N3O3. The summed E-state index contributed by atoms with van der Waals surface area (Å²) in [6, 6.07) is 7.21. The molecule has 2 amide bonds. The van der Waals surface area contributed by atoms with Gasteiger partial charge in [-0.2, -0.15) is 0 Å². The van der Waals surface area contributed by atoms with Crippen molar-refractivity contribution >= 4 is 17.5 Å². The van der Waals surface area contributed by atoms with Crippen LogP contribution in [0.2, 0.25) is 0 Å². The molecule has 0 bridgehead atoms. The lowest BCUT2D eigenvalue weighted by Gasteiger charge is -2.37. The minimum atomic E-state index is -0.322. The van der Waals surface area contributed by atoms with E-state index >= 15 is 0 Å². The highest BCUT2D eigenvalue weighted by Crippen LogP contribution is 2.43. The van der Waals surface area contributed by atoms with Gasteiger partial charge in [0.25, 0.3) is 0 Å². The van der Waals surface area contributed by atoms with Crippen molar-refractivity contribution in [2.24, 2.45) is 11.3 Å². The van der Waals surface area contributed by atoms with E-state index in [1.165, 1.54) is 6.42 Å². The molecule has 1 aromatic carbocycles. The molecule has 2 fully saturated rings. The number of fused-ring (bicyclic) bond motifs is 1. The van der Waals surface area contributed by atoms with Crippen LogP contribution in [0, 0.1) is 11.3 Å². The topological polar surface area (TPSA) is 79.5 Å². The van der Waals surface area contributed by atoms with E-state index in [-0.39, 0.29) is 23.8 Å². The fraction of sp³-hybridized carbons (Fsp3) is 0.579. The van der Waals surface area contributed by atoms with Crippen molar-refractivity contribution in [1.82, 2.24) is 10.6 Å². The van der Waals surface area contributed by atoms with Crippen LogP contribution in [0.5, 0.6) is 5.75 Å². The molecule has 25 heavy (non-hydrogen) atoms. The minimum Gasteiger partial charge on any atom is -0.494 e. The zero-order valence-electron chi connectivity index (χ0n) is 14.8. The maximum Gasteiger partial charge on any atom is 0.243 e. The fourth-order valence-corrected chi connectivity index (χ4v) is 4.03. The van der Waals surface area contributed by atoms with Gasteiger partial charge in [-0.15, -0.1) is 0 Å². The summed E-state index contributed by atoms with van der Waals surface area (Å²) in [5.41, 5.74) is 0.372. The van der Waals surface area contributed by atoms with Crippen LogP contribution in [-0.2, 0) is 9.59 Å². The number of hydrogen-bond acceptors (Lipinski definition) is 4. The third-order valence-electron chi connectivity index (χ3n) is 5.35. The molecule has 1 aliphatic carbocycles. The van der Waals surface area contributed by atoms with E-state index in [2.05, 4.69) is 16.0 Å². The molecule has 6 nitrogen and oxygen atoms in total. The minimum absolute atomic E-state index is 0.000511. The zero-order valence-corrected chi connectivity index (χ0v) is 14.8. The van der Waals surface area contributed by atoms with Gasteiger partial charge in [-0.1, -0.05) is 12.8 Å².